The maximum Gasteiger partial charge on any atom is 0.296 e. The van der Waals surface area contributed by atoms with Crippen molar-refractivity contribution < 1.29 is 9.13 Å². The van der Waals surface area contributed by atoms with Crippen molar-refractivity contribution in [3.63, 3.8) is 0 Å². The Morgan fingerprint density at radius 2 is 1.84 bits per heavy atom. The van der Waals surface area contributed by atoms with E-state index < -0.39 is 0 Å². The largest absolute Gasteiger partial charge is 0.296 e. The molecule has 0 unspecified atom stereocenters. The molecular formula is C22H23N3+2. The summed E-state index contributed by atoms with van der Waals surface area (Å²) in [4.78, 5) is 0. The molecule has 0 aliphatic carbocycles. The third kappa shape index (κ3) is 1.24. The number of aryl methyl sites for hydroxylation is 1. The van der Waals surface area contributed by atoms with Crippen molar-refractivity contribution in [2.24, 2.45) is 7.05 Å². The van der Waals surface area contributed by atoms with Crippen molar-refractivity contribution in [2.45, 2.75) is 45.1 Å². The van der Waals surface area contributed by atoms with Crippen LogP contribution in [0.2, 0.25) is 0 Å². The molecule has 2 aliphatic heterocycles. The Bertz CT molecular complexity index is 1270. The SMILES string of the molecule is C[n+]1ccc2c3c1c1cccc4c1c1n3c(c[n+]1C4)C(C)(C)C2(C)C. The van der Waals surface area contributed by atoms with Gasteiger partial charge in [0.2, 0.25) is 5.52 Å². The van der Waals surface area contributed by atoms with Gasteiger partial charge in [0.1, 0.15) is 19.8 Å². The number of nitrogens with zero attached hydrogens (tertiary/aromatic N) is 3. The summed E-state index contributed by atoms with van der Waals surface area (Å²) in [5, 5.41) is 2.82. The highest BCUT2D eigenvalue weighted by Crippen LogP contribution is 2.50. The van der Waals surface area contributed by atoms with Gasteiger partial charge < -0.3 is 0 Å². The minimum atomic E-state index is 0.0704. The van der Waals surface area contributed by atoms with Gasteiger partial charge in [-0.1, -0.05) is 39.8 Å². The van der Waals surface area contributed by atoms with Crippen molar-refractivity contribution in [1.82, 2.24) is 4.40 Å². The van der Waals surface area contributed by atoms with E-state index in [0.29, 0.717) is 0 Å². The fourth-order valence-corrected chi connectivity index (χ4v) is 5.27. The number of pyridine rings is 2. The van der Waals surface area contributed by atoms with E-state index in [1.807, 2.05) is 0 Å². The van der Waals surface area contributed by atoms with E-state index in [1.165, 1.54) is 44.3 Å². The van der Waals surface area contributed by atoms with Gasteiger partial charge in [-0.15, -0.1) is 0 Å². The van der Waals surface area contributed by atoms with Crippen LogP contribution in [0, 0.1) is 0 Å². The molecule has 0 bridgehead atoms. The molecule has 25 heavy (non-hydrogen) atoms. The van der Waals surface area contributed by atoms with Gasteiger partial charge in [-0.3, -0.25) is 0 Å². The van der Waals surface area contributed by atoms with Gasteiger partial charge in [0, 0.05) is 28.0 Å². The lowest BCUT2D eigenvalue weighted by atomic mass is 9.61. The number of aromatic nitrogens is 3. The molecule has 2 aliphatic rings. The Morgan fingerprint density at radius 3 is 2.64 bits per heavy atom. The molecular weight excluding hydrogens is 306 g/mol. The highest BCUT2D eigenvalue weighted by Gasteiger charge is 2.52. The number of benzene rings is 1. The second-order valence-corrected chi connectivity index (χ2v) is 8.93. The van der Waals surface area contributed by atoms with E-state index in [-0.39, 0.29) is 10.8 Å². The van der Waals surface area contributed by atoms with Crippen LogP contribution in [-0.2, 0) is 24.4 Å². The predicted octanol–water partition coefficient (Wildman–Crippen LogP) is 3.29. The molecule has 0 saturated carbocycles. The maximum atomic E-state index is 2.56. The summed E-state index contributed by atoms with van der Waals surface area (Å²) in [5.74, 6) is 0. The molecule has 0 amide bonds. The monoisotopic (exact) mass is 329 g/mol. The molecule has 4 aromatic rings. The molecule has 3 heteroatoms. The first-order valence-electron chi connectivity index (χ1n) is 9.16. The van der Waals surface area contributed by atoms with Crippen LogP contribution in [-0.4, -0.2) is 4.40 Å². The lowest BCUT2D eigenvalue weighted by Crippen LogP contribution is -2.45. The molecule has 0 fully saturated rings. The fraction of sp³-hybridized carbons (Fsp3) is 0.364. The van der Waals surface area contributed by atoms with Crippen molar-refractivity contribution >= 4 is 27.5 Å². The molecule has 3 nitrogen and oxygen atoms in total. The summed E-state index contributed by atoms with van der Waals surface area (Å²) >= 11 is 0. The van der Waals surface area contributed by atoms with Gasteiger partial charge in [0.05, 0.1) is 10.8 Å². The van der Waals surface area contributed by atoms with E-state index in [9.17, 15) is 0 Å². The van der Waals surface area contributed by atoms with E-state index in [4.69, 9.17) is 0 Å². The number of hydrogen-bond donors (Lipinski definition) is 0. The minimum Gasteiger partial charge on any atom is -0.225 e. The van der Waals surface area contributed by atoms with Crippen LogP contribution >= 0.6 is 0 Å². The highest BCUT2D eigenvalue weighted by molar-refractivity contribution is 6.11. The summed E-state index contributed by atoms with van der Waals surface area (Å²) in [6.07, 6.45) is 4.65. The van der Waals surface area contributed by atoms with Crippen LogP contribution in [0.3, 0.4) is 0 Å². The molecule has 3 aromatic heterocycles. The molecule has 124 valence electrons. The van der Waals surface area contributed by atoms with Gasteiger partial charge in [-0.2, -0.15) is 8.97 Å². The predicted molar refractivity (Wildman–Crippen MR) is 98.9 cm³/mol. The smallest absolute Gasteiger partial charge is 0.225 e. The van der Waals surface area contributed by atoms with Crippen molar-refractivity contribution in [1.29, 1.82) is 0 Å². The Kier molecular flexibility index (Phi) is 2.06. The third-order valence-electron chi connectivity index (χ3n) is 7.37. The lowest BCUT2D eigenvalue weighted by Gasteiger charge is -2.42. The minimum absolute atomic E-state index is 0.0704. The van der Waals surface area contributed by atoms with Crippen LogP contribution in [0.5, 0.6) is 0 Å². The van der Waals surface area contributed by atoms with Gasteiger partial charge >= 0.3 is 0 Å². The highest BCUT2D eigenvalue weighted by atomic mass is 15.2. The van der Waals surface area contributed by atoms with Crippen LogP contribution in [0.25, 0.3) is 27.5 Å². The van der Waals surface area contributed by atoms with Crippen molar-refractivity contribution in [2.75, 3.05) is 0 Å². The molecule has 0 spiro atoms. The fourth-order valence-electron chi connectivity index (χ4n) is 5.27. The number of fused-ring (bicyclic) bond motifs is 1. The Morgan fingerprint density at radius 1 is 1.04 bits per heavy atom. The maximum absolute atomic E-state index is 2.56. The second kappa shape index (κ2) is 3.72. The Hall–Kier alpha value is -2.42. The molecule has 0 saturated heterocycles. The zero-order valence-electron chi connectivity index (χ0n) is 15.5. The molecule has 0 atom stereocenters. The molecule has 0 radical (unpaired) electrons. The summed E-state index contributed by atoms with van der Waals surface area (Å²) in [6, 6.07) is 9.14. The summed E-state index contributed by atoms with van der Waals surface area (Å²) < 4.78 is 7.33. The topological polar surface area (TPSA) is 12.2 Å². The van der Waals surface area contributed by atoms with E-state index in [0.717, 1.165) is 6.54 Å². The zero-order chi connectivity index (χ0) is 17.3. The van der Waals surface area contributed by atoms with E-state index in [1.54, 1.807) is 0 Å². The molecule has 6 rings (SSSR count). The van der Waals surface area contributed by atoms with Crippen LogP contribution in [0.1, 0.15) is 44.5 Å². The number of hydrogen-bond acceptors (Lipinski definition) is 0. The Labute approximate surface area is 147 Å². The first-order chi connectivity index (χ1) is 11.8. The number of rotatable bonds is 0. The Balaban J connectivity index is 2.08. The zero-order valence-corrected chi connectivity index (χ0v) is 15.5. The standard InChI is InChI=1S/C22H23N3/c1-21(2)15-9-10-23(5)18-14-8-6-7-13-11-24-12-16(22(21,3)4)25(19(15)18)20(24)17(13)14/h6-10,12H,11H2,1-5H3/q+2. The first-order valence-corrected chi connectivity index (χ1v) is 9.16. The summed E-state index contributed by atoms with van der Waals surface area (Å²) in [7, 11) is 2.18. The molecule has 0 N–H and O–H groups in total. The van der Waals surface area contributed by atoms with Gasteiger partial charge in [0.15, 0.2) is 11.9 Å². The average molecular weight is 329 g/mol. The van der Waals surface area contributed by atoms with Crippen molar-refractivity contribution in [3.8, 4) is 0 Å². The quantitative estimate of drug-likeness (QED) is 0.305. The van der Waals surface area contributed by atoms with Crippen molar-refractivity contribution in [3.05, 3.63) is 53.5 Å². The normalized spacial score (nSPS) is 19.1. The summed E-state index contributed by atoms with van der Waals surface area (Å²) in [5.41, 5.74) is 8.61. The van der Waals surface area contributed by atoms with E-state index in [2.05, 4.69) is 84.9 Å². The molecule has 5 heterocycles. The van der Waals surface area contributed by atoms with Gasteiger partial charge in [0.25, 0.3) is 11.2 Å². The lowest BCUT2D eigenvalue weighted by molar-refractivity contribution is -0.657. The second-order valence-electron chi connectivity index (χ2n) is 8.93. The van der Waals surface area contributed by atoms with Crippen LogP contribution < -0.4 is 9.13 Å². The third-order valence-corrected chi connectivity index (χ3v) is 7.37. The van der Waals surface area contributed by atoms with E-state index >= 15 is 0 Å². The van der Waals surface area contributed by atoms with Crippen LogP contribution in [0.15, 0.2) is 36.7 Å². The number of imidazole rings is 1. The van der Waals surface area contributed by atoms with Crippen LogP contribution in [0.4, 0.5) is 0 Å². The van der Waals surface area contributed by atoms with Gasteiger partial charge in [-0.25, -0.2) is 4.57 Å². The summed E-state index contributed by atoms with van der Waals surface area (Å²) in [6.45, 7) is 10.6. The van der Waals surface area contributed by atoms with Gasteiger partial charge in [-0.05, 0) is 6.07 Å². The molecule has 1 aromatic carbocycles. The average Bonchev–Trinajstić information content (AvgIpc) is 3.10. The first kappa shape index (κ1) is 13.8.